The standard InChI is InChI=1S/C16H29N3O4S/c1-13(2)11-15(20)19-8-10-24(22,23)9-5-14(3)12-16(21)18-7-4-6-17/h13-14H,4-5,7-12H2,1-3H3,(H,18,21)(H,19,20)/t14-/m0/s1. The normalized spacial score (nSPS) is 12.5. The fourth-order valence-corrected chi connectivity index (χ4v) is 3.40. The van der Waals surface area contributed by atoms with Gasteiger partial charge in [-0.15, -0.1) is 0 Å². The van der Waals surface area contributed by atoms with Crippen molar-refractivity contribution < 1.29 is 18.0 Å². The molecule has 0 spiro atoms. The molecule has 0 aromatic carbocycles. The fourth-order valence-electron chi connectivity index (χ4n) is 2.02. The second kappa shape index (κ2) is 11.8. The zero-order valence-electron chi connectivity index (χ0n) is 14.8. The Labute approximate surface area is 145 Å². The molecular weight excluding hydrogens is 330 g/mol. The molecule has 0 heterocycles. The number of amides is 2. The van der Waals surface area contributed by atoms with Crippen molar-refractivity contribution >= 4 is 21.7 Å². The van der Waals surface area contributed by atoms with Crippen molar-refractivity contribution in [1.82, 2.24) is 10.6 Å². The SMILES string of the molecule is CC(C)CC(=O)NCCS(=O)(=O)CC[C@H](C)CC(=O)NCCC#N. The first-order valence-electron chi connectivity index (χ1n) is 8.27. The summed E-state index contributed by atoms with van der Waals surface area (Å²) in [6, 6.07) is 1.94. The lowest BCUT2D eigenvalue weighted by Crippen LogP contribution is -2.31. The number of hydrogen-bond donors (Lipinski definition) is 2. The van der Waals surface area contributed by atoms with Gasteiger partial charge in [0.1, 0.15) is 0 Å². The van der Waals surface area contributed by atoms with Crippen molar-refractivity contribution in [3.8, 4) is 6.07 Å². The molecule has 138 valence electrons. The van der Waals surface area contributed by atoms with Gasteiger partial charge in [0.25, 0.3) is 0 Å². The summed E-state index contributed by atoms with van der Waals surface area (Å²) in [5.41, 5.74) is 0. The Kier molecular flexibility index (Phi) is 11.0. The van der Waals surface area contributed by atoms with Crippen LogP contribution in [0.4, 0.5) is 0 Å². The Morgan fingerprint density at radius 2 is 1.58 bits per heavy atom. The van der Waals surface area contributed by atoms with E-state index in [-0.39, 0.29) is 54.5 Å². The highest BCUT2D eigenvalue weighted by molar-refractivity contribution is 7.91. The minimum absolute atomic E-state index is 0.000304. The van der Waals surface area contributed by atoms with Crippen LogP contribution in [-0.2, 0) is 19.4 Å². The van der Waals surface area contributed by atoms with Gasteiger partial charge >= 0.3 is 0 Å². The molecule has 0 radical (unpaired) electrons. The van der Waals surface area contributed by atoms with Crippen molar-refractivity contribution in [3.63, 3.8) is 0 Å². The smallest absolute Gasteiger partial charge is 0.220 e. The lowest BCUT2D eigenvalue weighted by Gasteiger charge is -2.12. The zero-order valence-corrected chi connectivity index (χ0v) is 15.6. The highest BCUT2D eigenvalue weighted by Gasteiger charge is 2.16. The highest BCUT2D eigenvalue weighted by Crippen LogP contribution is 2.09. The van der Waals surface area contributed by atoms with Crippen molar-refractivity contribution in [2.75, 3.05) is 24.6 Å². The van der Waals surface area contributed by atoms with Crippen molar-refractivity contribution in [1.29, 1.82) is 5.26 Å². The largest absolute Gasteiger partial charge is 0.355 e. The predicted octanol–water partition coefficient (Wildman–Crippen LogP) is 1.01. The molecule has 0 aliphatic heterocycles. The Morgan fingerprint density at radius 1 is 1.00 bits per heavy atom. The van der Waals surface area contributed by atoms with Gasteiger partial charge in [-0.05, 0) is 18.3 Å². The molecule has 8 heteroatoms. The van der Waals surface area contributed by atoms with Crippen LogP contribution in [0.25, 0.3) is 0 Å². The molecule has 0 bridgehead atoms. The van der Waals surface area contributed by atoms with E-state index in [0.29, 0.717) is 19.4 Å². The summed E-state index contributed by atoms with van der Waals surface area (Å²) in [6.07, 6.45) is 1.29. The minimum atomic E-state index is -3.25. The first kappa shape index (κ1) is 22.4. The van der Waals surface area contributed by atoms with Gasteiger partial charge in [-0.3, -0.25) is 9.59 Å². The van der Waals surface area contributed by atoms with Crippen LogP contribution in [0.2, 0.25) is 0 Å². The van der Waals surface area contributed by atoms with Gasteiger partial charge in [-0.1, -0.05) is 20.8 Å². The Bertz CT molecular complexity index is 538. The fraction of sp³-hybridized carbons (Fsp3) is 0.812. The molecular formula is C16H29N3O4S. The van der Waals surface area contributed by atoms with Gasteiger partial charge in [-0.25, -0.2) is 8.42 Å². The maximum Gasteiger partial charge on any atom is 0.220 e. The molecule has 0 aromatic rings. The van der Waals surface area contributed by atoms with E-state index >= 15 is 0 Å². The van der Waals surface area contributed by atoms with Crippen molar-refractivity contribution in [2.24, 2.45) is 11.8 Å². The second-order valence-corrected chi connectivity index (χ2v) is 8.76. The third-order valence-electron chi connectivity index (χ3n) is 3.34. The number of carbonyl (C=O) groups excluding carboxylic acids is 2. The molecule has 7 nitrogen and oxygen atoms in total. The van der Waals surface area contributed by atoms with Gasteiger partial charge < -0.3 is 10.6 Å². The maximum absolute atomic E-state index is 11.9. The molecule has 0 saturated carbocycles. The Hall–Kier alpha value is -1.62. The average molecular weight is 359 g/mol. The van der Waals surface area contributed by atoms with E-state index in [1.165, 1.54) is 0 Å². The third-order valence-corrected chi connectivity index (χ3v) is 5.03. The molecule has 0 unspecified atom stereocenters. The van der Waals surface area contributed by atoms with E-state index < -0.39 is 9.84 Å². The van der Waals surface area contributed by atoms with E-state index in [0.717, 1.165) is 0 Å². The molecule has 0 fully saturated rings. The number of sulfone groups is 1. The first-order chi connectivity index (χ1) is 11.2. The van der Waals surface area contributed by atoms with Crippen LogP contribution >= 0.6 is 0 Å². The summed E-state index contributed by atoms with van der Waals surface area (Å²) in [6.45, 7) is 6.11. The quantitative estimate of drug-likeness (QED) is 0.504. The monoisotopic (exact) mass is 359 g/mol. The summed E-state index contributed by atoms with van der Waals surface area (Å²) in [7, 11) is -3.25. The lowest BCUT2D eigenvalue weighted by atomic mass is 10.1. The summed E-state index contributed by atoms with van der Waals surface area (Å²) in [5, 5.41) is 13.6. The number of carbonyl (C=O) groups is 2. The number of nitrogens with zero attached hydrogens (tertiary/aromatic N) is 1. The van der Waals surface area contributed by atoms with Crippen LogP contribution < -0.4 is 10.6 Å². The molecule has 0 aromatic heterocycles. The molecule has 1 atom stereocenters. The maximum atomic E-state index is 11.9. The van der Waals surface area contributed by atoms with Crippen LogP contribution in [0, 0.1) is 23.2 Å². The van der Waals surface area contributed by atoms with E-state index in [1.807, 2.05) is 26.8 Å². The summed E-state index contributed by atoms with van der Waals surface area (Å²) in [4.78, 5) is 23.0. The molecule has 0 rings (SSSR count). The Balaban J connectivity index is 4.00. The van der Waals surface area contributed by atoms with Crippen LogP contribution in [-0.4, -0.2) is 44.8 Å². The molecule has 2 amide bonds. The van der Waals surface area contributed by atoms with Gasteiger partial charge in [0, 0.05) is 25.9 Å². The van der Waals surface area contributed by atoms with Crippen LogP contribution in [0.15, 0.2) is 0 Å². The average Bonchev–Trinajstić information content (AvgIpc) is 2.44. The summed E-state index contributed by atoms with van der Waals surface area (Å²) >= 11 is 0. The van der Waals surface area contributed by atoms with Gasteiger partial charge in [0.2, 0.25) is 11.8 Å². The number of hydrogen-bond acceptors (Lipinski definition) is 5. The lowest BCUT2D eigenvalue weighted by molar-refractivity contribution is -0.122. The summed E-state index contributed by atoms with van der Waals surface area (Å²) in [5.74, 6) is -0.213. The number of nitriles is 1. The van der Waals surface area contributed by atoms with E-state index in [4.69, 9.17) is 5.26 Å². The molecule has 0 saturated heterocycles. The number of nitrogens with one attached hydrogen (secondary N) is 2. The van der Waals surface area contributed by atoms with Gasteiger partial charge in [-0.2, -0.15) is 5.26 Å². The van der Waals surface area contributed by atoms with Gasteiger partial charge in [0.05, 0.1) is 24.0 Å². The van der Waals surface area contributed by atoms with E-state index in [1.54, 1.807) is 0 Å². The van der Waals surface area contributed by atoms with Crippen LogP contribution in [0.3, 0.4) is 0 Å². The minimum Gasteiger partial charge on any atom is -0.355 e. The molecule has 0 aliphatic rings. The van der Waals surface area contributed by atoms with E-state index in [2.05, 4.69) is 10.6 Å². The third kappa shape index (κ3) is 12.9. The van der Waals surface area contributed by atoms with E-state index in [9.17, 15) is 18.0 Å². The first-order valence-corrected chi connectivity index (χ1v) is 10.1. The Morgan fingerprint density at radius 3 is 2.17 bits per heavy atom. The van der Waals surface area contributed by atoms with Crippen LogP contribution in [0.5, 0.6) is 0 Å². The van der Waals surface area contributed by atoms with Crippen molar-refractivity contribution in [2.45, 2.75) is 46.5 Å². The van der Waals surface area contributed by atoms with Gasteiger partial charge in [0.15, 0.2) is 9.84 Å². The topological polar surface area (TPSA) is 116 Å². The molecule has 2 N–H and O–H groups in total. The van der Waals surface area contributed by atoms with Crippen LogP contribution in [0.1, 0.15) is 46.5 Å². The highest BCUT2D eigenvalue weighted by atomic mass is 32.2. The second-order valence-electron chi connectivity index (χ2n) is 6.46. The predicted molar refractivity (Wildman–Crippen MR) is 92.8 cm³/mol. The number of rotatable bonds is 12. The zero-order chi connectivity index (χ0) is 18.6. The summed E-state index contributed by atoms with van der Waals surface area (Å²) < 4.78 is 23.9. The van der Waals surface area contributed by atoms with Crippen molar-refractivity contribution in [3.05, 3.63) is 0 Å². The molecule has 24 heavy (non-hydrogen) atoms. The molecule has 0 aliphatic carbocycles.